The average Bonchev–Trinajstić information content (AvgIpc) is 2.04. The van der Waals surface area contributed by atoms with Crippen LogP contribution in [-0.2, 0) is 9.47 Å². The normalized spacial score (nSPS) is 29.0. The summed E-state index contributed by atoms with van der Waals surface area (Å²) in [5.41, 5.74) is -0.620. The largest absolute Gasteiger partial charge is 0.514 e. The van der Waals surface area contributed by atoms with Crippen LogP contribution in [0.25, 0.3) is 0 Å². The van der Waals surface area contributed by atoms with Gasteiger partial charge >= 0.3 is 6.16 Å². The second kappa shape index (κ2) is 2.81. The zero-order valence-corrected chi connectivity index (χ0v) is 7.72. The van der Waals surface area contributed by atoms with Crippen molar-refractivity contribution in [1.29, 1.82) is 0 Å². The molecule has 0 bridgehead atoms. The Labute approximate surface area is 72.4 Å². The predicted molar refractivity (Wildman–Crippen MR) is 44.6 cm³/mol. The fraction of sp³-hybridized carbons (Fsp3) is 0.667. The minimum atomic E-state index is -0.636. The van der Waals surface area contributed by atoms with Gasteiger partial charge in [0, 0.05) is 0 Å². The summed E-state index contributed by atoms with van der Waals surface area (Å²) in [5.74, 6) is 0.863. The number of hydrogen-bond donors (Lipinski definition) is 0. The van der Waals surface area contributed by atoms with Gasteiger partial charge in [-0.1, -0.05) is 20.4 Å². The first-order valence-corrected chi connectivity index (χ1v) is 4.04. The number of rotatable bonds is 2. The lowest BCUT2D eigenvalue weighted by atomic mass is 9.93. The van der Waals surface area contributed by atoms with Crippen molar-refractivity contribution in [1.82, 2.24) is 0 Å². The third kappa shape index (κ3) is 1.60. The van der Waals surface area contributed by atoms with E-state index in [-0.39, 0.29) is 0 Å². The number of carbonyl (C=O) groups is 1. The van der Waals surface area contributed by atoms with Crippen molar-refractivity contribution in [2.24, 2.45) is 5.92 Å². The highest BCUT2D eigenvalue weighted by Crippen LogP contribution is 2.34. The summed E-state index contributed by atoms with van der Waals surface area (Å²) < 4.78 is 9.73. The molecule has 0 saturated carbocycles. The molecule has 0 aliphatic carbocycles. The molecule has 3 nitrogen and oxygen atoms in total. The van der Waals surface area contributed by atoms with Crippen LogP contribution < -0.4 is 0 Å². The van der Waals surface area contributed by atoms with Gasteiger partial charge in [-0.25, -0.2) is 4.79 Å². The van der Waals surface area contributed by atoms with E-state index in [2.05, 4.69) is 20.4 Å². The van der Waals surface area contributed by atoms with Gasteiger partial charge in [0.15, 0.2) is 5.60 Å². The van der Waals surface area contributed by atoms with Crippen molar-refractivity contribution in [3.63, 3.8) is 0 Å². The van der Waals surface area contributed by atoms with Crippen molar-refractivity contribution >= 4 is 6.16 Å². The molecule has 1 aliphatic heterocycles. The molecule has 3 heteroatoms. The highest BCUT2D eigenvalue weighted by Gasteiger charge is 2.42. The van der Waals surface area contributed by atoms with E-state index >= 15 is 0 Å². The molecule has 0 radical (unpaired) electrons. The zero-order valence-electron chi connectivity index (χ0n) is 7.72. The Morgan fingerprint density at radius 2 is 2.17 bits per heavy atom. The Morgan fingerprint density at radius 1 is 1.58 bits per heavy atom. The highest BCUT2D eigenvalue weighted by molar-refractivity contribution is 5.66. The molecular formula is C9H14O3. The summed E-state index contributed by atoms with van der Waals surface area (Å²) in [6, 6.07) is 0. The molecule has 12 heavy (non-hydrogen) atoms. The van der Waals surface area contributed by atoms with Crippen molar-refractivity contribution in [2.45, 2.75) is 32.8 Å². The minimum Gasteiger partial charge on any atom is -0.419 e. The van der Waals surface area contributed by atoms with Crippen molar-refractivity contribution in [3.8, 4) is 0 Å². The van der Waals surface area contributed by atoms with Crippen molar-refractivity contribution in [3.05, 3.63) is 12.3 Å². The Morgan fingerprint density at radius 3 is 2.50 bits per heavy atom. The van der Waals surface area contributed by atoms with Gasteiger partial charge in [0.2, 0.25) is 0 Å². The fourth-order valence-electron chi connectivity index (χ4n) is 1.40. The summed E-state index contributed by atoms with van der Waals surface area (Å²) in [6.45, 7) is 9.58. The molecule has 0 spiro atoms. The summed E-state index contributed by atoms with van der Waals surface area (Å²) in [5, 5.41) is 0. The van der Waals surface area contributed by atoms with Crippen LogP contribution in [0.3, 0.4) is 0 Å². The number of hydrogen-bond acceptors (Lipinski definition) is 3. The van der Waals surface area contributed by atoms with E-state index in [0.29, 0.717) is 11.7 Å². The Hall–Kier alpha value is -0.990. The van der Waals surface area contributed by atoms with E-state index in [1.54, 1.807) is 0 Å². The average molecular weight is 170 g/mol. The third-order valence-electron chi connectivity index (χ3n) is 1.90. The molecule has 1 atom stereocenters. The van der Waals surface area contributed by atoms with Gasteiger partial charge in [-0.15, -0.1) is 0 Å². The van der Waals surface area contributed by atoms with Crippen LogP contribution in [0.15, 0.2) is 12.3 Å². The monoisotopic (exact) mass is 170 g/mol. The van der Waals surface area contributed by atoms with Crippen LogP contribution in [0.5, 0.6) is 0 Å². The second-order valence-electron chi connectivity index (χ2n) is 3.71. The van der Waals surface area contributed by atoms with Gasteiger partial charge in [0.1, 0.15) is 5.76 Å². The Balaban J connectivity index is 2.71. The van der Waals surface area contributed by atoms with E-state index in [1.165, 1.54) is 0 Å². The lowest BCUT2D eigenvalue weighted by molar-refractivity contribution is 0.0636. The SMILES string of the molecule is C=C1OC(=O)OC1(C)CC(C)C. The molecule has 0 amide bonds. The second-order valence-corrected chi connectivity index (χ2v) is 3.71. The van der Waals surface area contributed by atoms with E-state index in [0.717, 1.165) is 6.42 Å². The fourth-order valence-corrected chi connectivity index (χ4v) is 1.40. The van der Waals surface area contributed by atoms with Gasteiger partial charge in [-0.2, -0.15) is 0 Å². The smallest absolute Gasteiger partial charge is 0.419 e. The van der Waals surface area contributed by atoms with Crippen LogP contribution >= 0.6 is 0 Å². The molecule has 1 aliphatic rings. The highest BCUT2D eigenvalue weighted by atomic mass is 16.8. The van der Waals surface area contributed by atoms with Gasteiger partial charge in [-0.05, 0) is 19.3 Å². The molecule has 0 aromatic rings. The summed E-state index contributed by atoms with van der Waals surface area (Å²) in [7, 11) is 0. The molecule has 1 rings (SSSR count). The number of carbonyl (C=O) groups excluding carboxylic acids is 1. The molecule has 1 saturated heterocycles. The maximum Gasteiger partial charge on any atom is 0.514 e. The quantitative estimate of drug-likeness (QED) is 0.597. The van der Waals surface area contributed by atoms with Crippen LogP contribution in [0.1, 0.15) is 27.2 Å². The predicted octanol–water partition coefficient (Wildman–Crippen LogP) is 2.47. The molecule has 1 fully saturated rings. The topological polar surface area (TPSA) is 35.5 Å². The first-order chi connectivity index (χ1) is 5.44. The van der Waals surface area contributed by atoms with Gasteiger partial charge < -0.3 is 9.47 Å². The molecule has 68 valence electrons. The maximum absolute atomic E-state index is 10.7. The van der Waals surface area contributed by atoms with Gasteiger partial charge in [-0.3, -0.25) is 0 Å². The van der Waals surface area contributed by atoms with Gasteiger partial charge in [0.25, 0.3) is 0 Å². The van der Waals surface area contributed by atoms with E-state index < -0.39 is 11.8 Å². The van der Waals surface area contributed by atoms with Gasteiger partial charge in [0.05, 0.1) is 0 Å². The molecule has 0 aromatic heterocycles. The van der Waals surface area contributed by atoms with E-state index in [9.17, 15) is 4.79 Å². The standard InChI is InChI=1S/C9H14O3/c1-6(2)5-9(4)7(3)11-8(10)12-9/h6H,3,5H2,1-2,4H3. The zero-order chi connectivity index (χ0) is 9.35. The maximum atomic E-state index is 10.7. The van der Waals surface area contributed by atoms with Crippen LogP contribution in [0.2, 0.25) is 0 Å². The lowest BCUT2D eigenvalue weighted by Gasteiger charge is -2.22. The molecule has 0 aromatic carbocycles. The van der Waals surface area contributed by atoms with Crippen molar-refractivity contribution in [2.75, 3.05) is 0 Å². The minimum absolute atomic E-state index is 0.418. The first kappa shape index (κ1) is 9.10. The summed E-state index contributed by atoms with van der Waals surface area (Å²) >= 11 is 0. The molecule has 1 heterocycles. The first-order valence-electron chi connectivity index (χ1n) is 4.04. The summed E-state index contributed by atoms with van der Waals surface area (Å²) in [6.07, 6.45) is 0.112. The number of ether oxygens (including phenoxy) is 2. The van der Waals surface area contributed by atoms with Crippen molar-refractivity contribution < 1.29 is 14.3 Å². The molecular weight excluding hydrogens is 156 g/mol. The third-order valence-corrected chi connectivity index (χ3v) is 1.90. The van der Waals surface area contributed by atoms with E-state index in [4.69, 9.17) is 9.47 Å². The molecule has 1 unspecified atom stereocenters. The Bertz CT molecular complexity index is 220. The Kier molecular flexibility index (Phi) is 2.13. The lowest BCUT2D eigenvalue weighted by Crippen LogP contribution is -2.27. The van der Waals surface area contributed by atoms with Crippen LogP contribution in [0.4, 0.5) is 4.79 Å². The number of cyclic esters (lactones) is 2. The van der Waals surface area contributed by atoms with Crippen LogP contribution in [0, 0.1) is 5.92 Å². The van der Waals surface area contributed by atoms with E-state index in [1.807, 2.05) is 6.92 Å². The summed E-state index contributed by atoms with van der Waals surface area (Å²) in [4.78, 5) is 10.7. The van der Waals surface area contributed by atoms with Crippen LogP contribution in [-0.4, -0.2) is 11.8 Å². The molecule has 0 N–H and O–H groups in total.